The van der Waals surface area contributed by atoms with Gasteiger partial charge in [-0.25, -0.2) is 13.2 Å². The van der Waals surface area contributed by atoms with Crippen molar-refractivity contribution >= 4 is 33.3 Å². The second kappa shape index (κ2) is 8.34. The van der Waals surface area contributed by atoms with Crippen molar-refractivity contribution in [2.24, 2.45) is 0 Å². The molecule has 0 saturated carbocycles. The van der Waals surface area contributed by atoms with Crippen LogP contribution in [0.2, 0.25) is 0 Å². The van der Waals surface area contributed by atoms with Gasteiger partial charge in [0.1, 0.15) is 0 Å². The van der Waals surface area contributed by atoms with E-state index in [1.54, 1.807) is 4.31 Å². The van der Waals surface area contributed by atoms with E-state index in [0.29, 0.717) is 18.5 Å². The fraction of sp³-hybridized carbons (Fsp3) is 0.500. The minimum Gasteiger partial charge on any atom is -0.317 e. The van der Waals surface area contributed by atoms with Gasteiger partial charge in [0.2, 0.25) is 10.0 Å². The van der Waals surface area contributed by atoms with Crippen molar-refractivity contribution in [1.29, 1.82) is 0 Å². The molecule has 1 aliphatic heterocycles. The highest BCUT2D eigenvalue weighted by molar-refractivity contribution is 7.89. The number of nitrogens with one attached hydrogen (secondary N) is 3. The molecule has 1 aliphatic rings. The van der Waals surface area contributed by atoms with E-state index in [9.17, 15) is 18.0 Å². The molecule has 0 bridgehead atoms. The van der Waals surface area contributed by atoms with Crippen molar-refractivity contribution in [1.82, 2.24) is 19.6 Å². The molecule has 0 unspecified atom stereocenters. The van der Waals surface area contributed by atoms with E-state index in [4.69, 9.17) is 0 Å². The first kappa shape index (κ1) is 20.6. The molecule has 1 saturated heterocycles. The van der Waals surface area contributed by atoms with Gasteiger partial charge in [0.05, 0.1) is 15.8 Å². The first-order chi connectivity index (χ1) is 11.9. The number of fused-ring (bicyclic) bond motifs is 1. The number of piperidine rings is 1. The minimum absolute atomic E-state index is 0. The molecular formula is C16H23ClN4O4S. The number of H-pyrrole nitrogens is 2. The molecular weight excluding hydrogens is 380 g/mol. The summed E-state index contributed by atoms with van der Waals surface area (Å²) in [5.41, 5.74) is -0.897. The molecule has 1 fully saturated rings. The monoisotopic (exact) mass is 402 g/mol. The lowest BCUT2D eigenvalue weighted by Crippen LogP contribution is -2.46. The Balaban J connectivity index is 0.00000243. The van der Waals surface area contributed by atoms with Crippen LogP contribution in [0.3, 0.4) is 0 Å². The van der Waals surface area contributed by atoms with Gasteiger partial charge in [-0.3, -0.25) is 9.78 Å². The SMILES string of the molecule is CCCN(C1CCNCC1)S(=O)(=O)c1ccc2[nH]c(=O)[nH]c(=O)c2c1.Cl. The number of nitrogens with zero attached hydrogens (tertiary/aromatic N) is 1. The summed E-state index contributed by atoms with van der Waals surface area (Å²) in [4.78, 5) is 28.0. The van der Waals surface area contributed by atoms with Gasteiger partial charge < -0.3 is 10.3 Å². The smallest absolute Gasteiger partial charge is 0.317 e. The Kier molecular flexibility index (Phi) is 6.62. The van der Waals surface area contributed by atoms with Crippen LogP contribution in [0.5, 0.6) is 0 Å². The zero-order chi connectivity index (χ0) is 18.0. The fourth-order valence-corrected chi connectivity index (χ4v) is 5.06. The number of benzene rings is 1. The summed E-state index contributed by atoms with van der Waals surface area (Å²) in [5.74, 6) is 0. The van der Waals surface area contributed by atoms with Gasteiger partial charge in [-0.05, 0) is 50.6 Å². The number of hydrogen-bond acceptors (Lipinski definition) is 5. The summed E-state index contributed by atoms with van der Waals surface area (Å²) in [6, 6.07) is 4.20. The standard InChI is InChI=1S/C16H22N4O4S.ClH/c1-2-9-20(11-5-7-17-8-6-11)25(23,24)12-3-4-14-13(10-12)15(21)19-16(22)18-14;/h3-4,10-11,17H,2,5-9H2,1H3,(H2,18,19,21,22);1H. The minimum atomic E-state index is -3.72. The summed E-state index contributed by atoms with van der Waals surface area (Å²) < 4.78 is 27.9. The van der Waals surface area contributed by atoms with Crippen molar-refractivity contribution in [3.63, 3.8) is 0 Å². The lowest BCUT2D eigenvalue weighted by molar-refractivity contribution is 0.262. The van der Waals surface area contributed by atoms with E-state index in [1.165, 1.54) is 18.2 Å². The third kappa shape index (κ3) is 4.01. The van der Waals surface area contributed by atoms with Crippen LogP contribution in [0.25, 0.3) is 10.9 Å². The van der Waals surface area contributed by atoms with Gasteiger partial charge in [0, 0.05) is 12.6 Å². The Labute approximate surface area is 157 Å². The third-order valence-corrected chi connectivity index (χ3v) is 6.43. The molecule has 10 heteroatoms. The third-order valence-electron chi connectivity index (χ3n) is 4.48. The molecule has 1 aromatic heterocycles. The topological polar surface area (TPSA) is 115 Å². The molecule has 3 N–H and O–H groups in total. The molecule has 0 aliphatic carbocycles. The van der Waals surface area contributed by atoms with Crippen molar-refractivity contribution in [3.8, 4) is 0 Å². The average molecular weight is 403 g/mol. The van der Waals surface area contributed by atoms with E-state index >= 15 is 0 Å². The zero-order valence-electron chi connectivity index (χ0n) is 14.4. The lowest BCUT2D eigenvalue weighted by Gasteiger charge is -2.33. The maximum Gasteiger partial charge on any atom is 0.326 e. The van der Waals surface area contributed by atoms with Gasteiger partial charge >= 0.3 is 5.69 Å². The molecule has 8 nitrogen and oxygen atoms in total. The zero-order valence-corrected chi connectivity index (χ0v) is 16.1. The number of hydrogen-bond donors (Lipinski definition) is 3. The van der Waals surface area contributed by atoms with Crippen LogP contribution < -0.4 is 16.6 Å². The van der Waals surface area contributed by atoms with Gasteiger partial charge in [-0.1, -0.05) is 6.92 Å². The largest absolute Gasteiger partial charge is 0.326 e. The molecule has 0 atom stereocenters. The highest BCUT2D eigenvalue weighted by atomic mass is 35.5. The molecule has 0 amide bonds. The molecule has 144 valence electrons. The highest BCUT2D eigenvalue weighted by Crippen LogP contribution is 2.24. The number of aromatic amines is 2. The number of sulfonamides is 1. The van der Waals surface area contributed by atoms with Crippen molar-refractivity contribution in [2.45, 2.75) is 37.1 Å². The Bertz CT molecular complexity index is 980. The van der Waals surface area contributed by atoms with Crippen LogP contribution in [0, 0.1) is 0 Å². The van der Waals surface area contributed by atoms with Crippen molar-refractivity contribution in [2.75, 3.05) is 19.6 Å². The predicted molar refractivity (Wildman–Crippen MR) is 103 cm³/mol. The number of aromatic nitrogens is 2. The van der Waals surface area contributed by atoms with Gasteiger partial charge in [-0.2, -0.15) is 4.31 Å². The van der Waals surface area contributed by atoms with E-state index in [-0.39, 0.29) is 28.7 Å². The van der Waals surface area contributed by atoms with Crippen molar-refractivity contribution in [3.05, 3.63) is 39.0 Å². The van der Waals surface area contributed by atoms with Gasteiger partial charge in [-0.15, -0.1) is 12.4 Å². The summed E-state index contributed by atoms with van der Waals surface area (Å²) in [6.45, 7) is 3.96. The van der Waals surface area contributed by atoms with E-state index in [2.05, 4.69) is 15.3 Å². The van der Waals surface area contributed by atoms with Crippen LogP contribution >= 0.6 is 12.4 Å². The molecule has 0 radical (unpaired) electrons. The van der Waals surface area contributed by atoms with Crippen LogP contribution in [0.15, 0.2) is 32.7 Å². The van der Waals surface area contributed by atoms with Crippen LogP contribution in [0.4, 0.5) is 0 Å². The normalized spacial score (nSPS) is 15.9. The maximum atomic E-state index is 13.2. The summed E-state index contributed by atoms with van der Waals surface area (Å²) in [6.07, 6.45) is 2.24. The maximum absolute atomic E-state index is 13.2. The van der Waals surface area contributed by atoms with Crippen LogP contribution in [-0.2, 0) is 10.0 Å². The molecule has 26 heavy (non-hydrogen) atoms. The van der Waals surface area contributed by atoms with Gasteiger partial charge in [0.15, 0.2) is 0 Å². The Morgan fingerprint density at radius 3 is 2.50 bits per heavy atom. The van der Waals surface area contributed by atoms with Crippen LogP contribution in [-0.4, -0.2) is 48.4 Å². The summed E-state index contributed by atoms with van der Waals surface area (Å²) >= 11 is 0. The molecule has 1 aromatic carbocycles. The highest BCUT2D eigenvalue weighted by Gasteiger charge is 2.31. The Morgan fingerprint density at radius 2 is 1.85 bits per heavy atom. The first-order valence-corrected chi connectivity index (χ1v) is 9.86. The van der Waals surface area contributed by atoms with E-state index in [0.717, 1.165) is 25.9 Å². The quantitative estimate of drug-likeness (QED) is 0.684. The number of rotatable bonds is 5. The summed E-state index contributed by atoms with van der Waals surface area (Å²) in [5, 5.41) is 3.39. The van der Waals surface area contributed by atoms with E-state index in [1.807, 2.05) is 6.92 Å². The molecule has 3 rings (SSSR count). The molecule has 2 aromatic rings. The average Bonchev–Trinajstić information content (AvgIpc) is 2.59. The summed E-state index contributed by atoms with van der Waals surface area (Å²) in [7, 11) is -3.72. The Morgan fingerprint density at radius 1 is 1.15 bits per heavy atom. The molecule has 0 spiro atoms. The van der Waals surface area contributed by atoms with Crippen molar-refractivity contribution < 1.29 is 8.42 Å². The predicted octanol–water partition coefficient (Wildman–Crippen LogP) is 0.791. The lowest BCUT2D eigenvalue weighted by atomic mass is 10.1. The van der Waals surface area contributed by atoms with Crippen LogP contribution in [0.1, 0.15) is 26.2 Å². The van der Waals surface area contributed by atoms with E-state index < -0.39 is 21.3 Å². The Hall–Kier alpha value is -1.68. The fourth-order valence-electron chi connectivity index (χ4n) is 3.25. The first-order valence-electron chi connectivity index (χ1n) is 8.42. The second-order valence-corrected chi connectivity index (χ2v) is 8.10. The number of halogens is 1. The van der Waals surface area contributed by atoms with Gasteiger partial charge in [0.25, 0.3) is 5.56 Å². The molecule has 2 heterocycles. The second-order valence-electron chi connectivity index (χ2n) is 6.21.